The zero-order valence-corrected chi connectivity index (χ0v) is 12.7. The van der Waals surface area contributed by atoms with Gasteiger partial charge in [0.15, 0.2) is 5.60 Å². The monoisotopic (exact) mass is 319 g/mol. The third-order valence-electron chi connectivity index (χ3n) is 3.32. The van der Waals surface area contributed by atoms with Crippen molar-refractivity contribution >= 4 is 11.9 Å². The highest BCUT2D eigenvalue weighted by molar-refractivity contribution is 6.00. The van der Waals surface area contributed by atoms with Crippen LogP contribution >= 0.6 is 0 Å². The molecule has 0 aliphatic carbocycles. The zero-order valence-electron chi connectivity index (χ0n) is 12.7. The number of aliphatic carboxylic acids is 1. The molecule has 122 valence electrons. The second-order valence-corrected chi connectivity index (χ2v) is 5.15. The molecule has 1 atom stereocenters. The predicted molar refractivity (Wildman–Crippen MR) is 81.2 cm³/mol. The number of rotatable bonds is 6. The van der Waals surface area contributed by atoms with E-state index in [1.54, 1.807) is 31.4 Å². The number of ether oxygens (including phenoxy) is 1. The summed E-state index contributed by atoms with van der Waals surface area (Å²) in [4.78, 5) is 23.0. The number of aliphatic hydroxyl groups is 1. The van der Waals surface area contributed by atoms with E-state index >= 15 is 0 Å². The van der Waals surface area contributed by atoms with Crippen molar-refractivity contribution in [2.24, 2.45) is 0 Å². The van der Waals surface area contributed by atoms with Crippen LogP contribution in [0.4, 0.5) is 0 Å². The van der Waals surface area contributed by atoms with Gasteiger partial charge in [-0.2, -0.15) is 5.10 Å². The van der Waals surface area contributed by atoms with E-state index in [0.29, 0.717) is 11.4 Å². The summed E-state index contributed by atoms with van der Waals surface area (Å²) in [6.45, 7) is 0.684. The van der Waals surface area contributed by atoms with Crippen LogP contribution in [0.1, 0.15) is 17.3 Å². The Morgan fingerprint density at radius 3 is 2.57 bits per heavy atom. The molecule has 0 aliphatic rings. The number of carbonyl (C=O) groups excluding carboxylic acids is 1. The van der Waals surface area contributed by atoms with Crippen LogP contribution in [0, 0.1) is 0 Å². The average Bonchev–Trinajstić information content (AvgIpc) is 3.02. The first kappa shape index (κ1) is 16.5. The van der Waals surface area contributed by atoms with Crippen molar-refractivity contribution in [1.82, 2.24) is 15.5 Å². The summed E-state index contributed by atoms with van der Waals surface area (Å²) in [7, 11) is 1.55. The summed E-state index contributed by atoms with van der Waals surface area (Å²) >= 11 is 0. The molecule has 8 heteroatoms. The van der Waals surface area contributed by atoms with Crippen molar-refractivity contribution in [3.63, 3.8) is 0 Å². The first-order valence-corrected chi connectivity index (χ1v) is 6.77. The zero-order chi connectivity index (χ0) is 17.0. The van der Waals surface area contributed by atoms with Crippen molar-refractivity contribution in [2.75, 3.05) is 13.7 Å². The molecule has 23 heavy (non-hydrogen) atoms. The Morgan fingerprint density at radius 1 is 1.35 bits per heavy atom. The number of nitrogens with one attached hydrogen (secondary N) is 2. The van der Waals surface area contributed by atoms with Crippen LogP contribution in [0.15, 0.2) is 30.5 Å². The van der Waals surface area contributed by atoms with Crippen molar-refractivity contribution in [3.8, 4) is 17.0 Å². The standard InChI is InChI=1S/C15H17N3O5/c1-15(22,14(20)21)8-16-13(19)11-7-17-18-12(11)9-3-5-10(23-2)6-4-9/h3-7,22H,8H2,1-2H3,(H,16,19)(H,17,18)(H,20,21). The third kappa shape index (κ3) is 3.67. The number of carboxylic acids is 1. The lowest BCUT2D eigenvalue weighted by atomic mass is 10.1. The molecule has 0 spiro atoms. The highest BCUT2D eigenvalue weighted by atomic mass is 16.5. The summed E-state index contributed by atoms with van der Waals surface area (Å²) < 4.78 is 5.07. The number of carboxylic acid groups (broad SMARTS) is 1. The SMILES string of the molecule is COc1ccc(-c2[nH]ncc2C(=O)NCC(C)(O)C(=O)O)cc1. The molecule has 2 aromatic rings. The number of aromatic amines is 1. The molecule has 0 saturated heterocycles. The maximum atomic E-state index is 12.2. The largest absolute Gasteiger partial charge is 0.497 e. The van der Waals surface area contributed by atoms with Gasteiger partial charge in [-0.05, 0) is 31.2 Å². The van der Waals surface area contributed by atoms with Gasteiger partial charge < -0.3 is 20.3 Å². The lowest BCUT2D eigenvalue weighted by molar-refractivity contribution is -0.155. The van der Waals surface area contributed by atoms with E-state index in [0.717, 1.165) is 12.5 Å². The van der Waals surface area contributed by atoms with Crippen LogP contribution < -0.4 is 10.1 Å². The van der Waals surface area contributed by atoms with Crippen LogP contribution in [-0.4, -0.2) is 51.5 Å². The van der Waals surface area contributed by atoms with Gasteiger partial charge in [-0.25, -0.2) is 4.79 Å². The quantitative estimate of drug-likeness (QED) is 0.619. The Hall–Kier alpha value is -2.87. The fourth-order valence-electron chi connectivity index (χ4n) is 1.86. The average molecular weight is 319 g/mol. The fraction of sp³-hybridized carbons (Fsp3) is 0.267. The Kier molecular flexibility index (Phi) is 4.65. The van der Waals surface area contributed by atoms with Crippen LogP contribution in [0.2, 0.25) is 0 Å². The molecule has 1 aromatic carbocycles. The molecule has 1 aromatic heterocycles. The molecule has 0 fully saturated rings. The van der Waals surface area contributed by atoms with Crippen LogP contribution in [0.25, 0.3) is 11.3 Å². The van der Waals surface area contributed by atoms with Crippen molar-refractivity contribution < 1.29 is 24.5 Å². The van der Waals surface area contributed by atoms with E-state index in [1.807, 2.05) is 0 Å². The molecular formula is C15H17N3O5. The summed E-state index contributed by atoms with van der Waals surface area (Å²) in [6.07, 6.45) is 1.34. The van der Waals surface area contributed by atoms with Gasteiger partial charge in [0.05, 0.1) is 31.1 Å². The number of hydrogen-bond donors (Lipinski definition) is 4. The first-order chi connectivity index (χ1) is 10.8. The topological polar surface area (TPSA) is 125 Å². The lowest BCUT2D eigenvalue weighted by Gasteiger charge is -2.18. The molecule has 0 aliphatic heterocycles. The normalized spacial score (nSPS) is 13.2. The Bertz CT molecular complexity index is 706. The summed E-state index contributed by atoms with van der Waals surface area (Å²) in [5.41, 5.74) is -0.588. The number of amides is 1. The van der Waals surface area contributed by atoms with Crippen molar-refractivity contribution in [2.45, 2.75) is 12.5 Å². The van der Waals surface area contributed by atoms with Gasteiger partial charge >= 0.3 is 5.97 Å². The molecule has 1 amide bonds. The molecule has 1 heterocycles. The minimum absolute atomic E-state index is 0.247. The van der Waals surface area contributed by atoms with Gasteiger partial charge in [0.25, 0.3) is 5.91 Å². The maximum Gasteiger partial charge on any atom is 0.337 e. The number of methoxy groups -OCH3 is 1. The first-order valence-electron chi connectivity index (χ1n) is 6.77. The van der Waals surface area contributed by atoms with Crippen molar-refractivity contribution in [1.29, 1.82) is 0 Å². The van der Waals surface area contributed by atoms with Crippen LogP contribution in [0.3, 0.4) is 0 Å². The fourth-order valence-corrected chi connectivity index (χ4v) is 1.86. The Labute approximate surface area is 132 Å². The van der Waals surface area contributed by atoms with E-state index in [9.17, 15) is 14.7 Å². The van der Waals surface area contributed by atoms with Gasteiger partial charge in [-0.1, -0.05) is 0 Å². The minimum atomic E-state index is -2.04. The number of carbonyl (C=O) groups is 2. The molecule has 4 N–H and O–H groups in total. The number of hydrogen-bond acceptors (Lipinski definition) is 5. The van der Waals surface area contributed by atoms with Crippen LogP contribution in [0.5, 0.6) is 5.75 Å². The van der Waals surface area contributed by atoms with E-state index < -0.39 is 24.0 Å². The predicted octanol–water partition coefficient (Wildman–Crippen LogP) is 0.651. The van der Waals surface area contributed by atoms with Gasteiger partial charge in [-0.15, -0.1) is 0 Å². The number of aromatic nitrogens is 2. The molecule has 2 rings (SSSR count). The summed E-state index contributed by atoms with van der Waals surface area (Å²) in [5, 5.41) is 27.4. The van der Waals surface area contributed by atoms with E-state index in [4.69, 9.17) is 9.84 Å². The minimum Gasteiger partial charge on any atom is -0.497 e. The van der Waals surface area contributed by atoms with Crippen molar-refractivity contribution in [3.05, 3.63) is 36.0 Å². The summed E-state index contributed by atoms with van der Waals surface area (Å²) in [5.74, 6) is -1.27. The molecule has 1 unspecified atom stereocenters. The molecule has 8 nitrogen and oxygen atoms in total. The smallest absolute Gasteiger partial charge is 0.337 e. The highest BCUT2D eigenvalue weighted by Crippen LogP contribution is 2.23. The van der Waals surface area contributed by atoms with E-state index in [-0.39, 0.29) is 5.56 Å². The molecule has 0 saturated carbocycles. The summed E-state index contributed by atoms with van der Waals surface area (Å²) in [6, 6.07) is 7.01. The number of nitrogens with zero attached hydrogens (tertiary/aromatic N) is 1. The number of benzene rings is 1. The van der Waals surface area contributed by atoms with Crippen LogP contribution in [-0.2, 0) is 4.79 Å². The van der Waals surface area contributed by atoms with E-state index in [1.165, 1.54) is 6.20 Å². The second-order valence-electron chi connectivity index (χ2n) is 5.15. The maximum absolute atomic E-state index is 12.2. The van der Waals surface area contributed by atoms with Gasteiger partial charge in [0.1, 0.15) is 5.75 Å². The highest BCUT2D eigenvalue weighted by Gasteiger charge is 2.30. The second kappa shape index (κ2) is 6.49. The van der Waals surface area contributed by atoms with E-state index in [2.05, 4.69) is 15.5 Å². The Balaban J connectivity index is 2.16. The third-order valence-corrected chi connectivity index (χ3v) is 3.32. The number of H-pyrrole nitrogens is 1. The van der Waals surface area contributed by atoms with Gasteiger partial charge in [0, 0.05) is 5.56 Å². The van der Waals surface area contributed by atoms with Gasteiger partial charge in [0.2, 0.25) is 0 Å². The molecule has 0 bridgehead atoms. The lowest BCUT2D eigenvalue weighted by Crippen LogP contribution is -2.46. The van der Waals surface area contributed by atoms with Gasteiger partial charge in [-0.3, -0.25) is 9.89 Å². The Morgan fingerprint density at radius 2 is 2.00 bits per heavy atom. The molecule has 0 radical (unpaired) electrons. The molecular weight excluding hydrogens is 302 g/mol.